The number of nitrogens with two attached hydrogens (primary N) is 1. The van der Waals surface area contributed by atoms with E-state index in [1.807, 2.05) is 0 Å². The standard InChI is InChI=1S/C7H12N4O/c1-5(8)7(12)9-4-6-2-3-10-11-6/h2-3,5H,4,8H2,1H3,(H,9,12)(H,10,11)/t5-/m1/s1. The van der Waals surface area contributed by atoms with Crippen molar-refractivity contribution in [1.82, 2.24) is 15.5 Å². The van der Waals surface area contributed by atoms with Gasteiger partial charge in [0.1, 0.15) is 0 Å². The van der Waals surface area contributed by atoms with Gasteiger partial charge in [0.25, 0.3) is 0 Å². The van der Waals surface area contributed by atoms with E-state index in [1.165, 1.54) is 0 Å². The van der Waals surface area contributed by atoms with E-state index in [-0.39, 0.29) is 5.91 Å². The molecular weight excluding hydrogens is 156 g/mol. The molecule has 5 heteroatoms. The van der Waals surface area contributed by atoms with Gasteiger partial charge < -0.3 is 11.1 Å². The van der Waals surface area contributed by atoms with Crippen molar-refractivity contribution >= 4 is 5.91 Å². The van der Waals surface area contributed by atoms with Gasteiger partial charge in [0.15, 0.2) is 0 Å². The molecule has 0 saturated carbocycles. The first-order valence-electron chi connectivity index (χ1n) is 3.71. The summed E-state index contributed by atoms with van der Waals surface area (Å²) < 4.78 is 0. The average molecular weight is 168 g/mol. The van der Waals surface area contributed by atoms with Crippen LogP contribution in [-0.4, -0.2) is 22.1 Å². The van der Waals surface area contributed by atoms with E-state index in [4.69, 9.17) is 5.73 Å². The van der Waals surface area contributed by atoms with Gasteiger partial charge in [0, 0.05) is 6.20 Å². The van der Waals surface area contributed by atoms with Gasteiger partial charge >= 0.3 is 0 Å². The Hall–Kier alpha value is -1.36. The van der Waals surface area contributed by atoms with Gasteiger partial charge in [-0.15, -0.1) is 0 Å². The summed E-state index contributed by atoms with van der Waals surface area (Å²) >= 11 is 0. The number of nitrogens with one attached hydrogen (secondary N) is 2. The topological polar surface area (TPSA) is 83.8 Å². The van der Waals surface area contributed by atoms with E-state index >= 15 is 0 Å². The first kappa shape index (κ1) is 8.73. The SMILES string of the molecule is C[C@@H](N)C(=O)NCc1ccn[nH]1. The summed E-state index contributed by atoms with van der Waals surface area (Å²) in [6, 6.07) is 1.33. The molecule has 12 heavy (non-hydrogen) atoms. The molecule has 0 unspecified atom stereocenters. The number of amides is 1. The smallest absolute Gasteiger partial charge is 0.236 e. The van der Waals surface area contributed by atoms with Crippen LogP contribution in [0.4, 0.5) is 0 Å². The van der Waals surface area contributed by atoms with Crippen molar-refractivity contribution in [2.75, 3.05) is 0 Å². The number of aromatic amines is 1. The van der Waals surface area contributed by atoms with Crippen molar-refractivity contribution in [1.29, 1.82) is 0 Å². The maximum atomic E-state index is 11.0. The Morgan fingerprint density at radius 2 is 2.67 bits per heavy atom. The lowest BCUT2D eigenvalue weighted by Crippen LogP contribution is -2.37. The third kappa shape index (κ3) is 2.35. The number of H-pyrrole nitrogens is 1. The Labute approximate surface area is 70.3 Å². The third-order valence-corrected chi connectivity index (χ3v) is 1.43. The molecule has 0 radical (unpaired) electrons. The Kier molecular flexibility index (Phi) is 2.82. The van der Waals surface area contributed by atoms with Crippen molar-refractivity contribution in [3.8, 4) is 0 Å². The zero-order valence-electron chi connectivity index (χ0n) is 6.87. The Balaban J connectivity index is 2.32. The highest BCUT2D eigenvalue weighted by molar-refractivity contribution is 5.80. The fraction of sp³-hybridized carbons (Fsp3) is 0.429. The van der Waals surface area contributed by atoms with Gasteiger partial charge in [0.2, 0.25) is 5.91 Å². The summed E-state index contributed by atoms with van der Waals surface area (Å²) in [4.78, 5) is 11.0. The highest BCUT2D eigenvalue weighted by Crippen LogP contribution is 1.89. The normalized spacial score (nSPS) is 12.5. The number of rotatable bonds is 3. The van der Waals surface area contributed by atoms with Gasteiger partial charge in [-0.05, 0) is 13.0 Å². The molecule has 1 amide bonds. The zero-order valence-corrected chi connectivity index (χ0v) is 6.87. The number of carbonyl (C=O) groups excluding carboxylic acids is 1. The number of hydrogen-bond donors (Lipinski definition) is 3. The van der Waals surface area contributed by atoms with Crippen LogP contribution < -0.4 is 11.1 Å². The highest BCUT2D eigenvalue weighted by Gasteiger charge is 2.05. The van der Waals surface area contributed by atoms with Crippen LogP contribution in [0.1, 0.15) is 12.6 Å². The highest BCUT2D eigenvalue weighted by atomic mass is 16.2. The van der Waals surface area contributed by atoms with E-state index in [0.29, 0.717) is 6.54 Å². The third-order valence-electron chi connectivity index (χ3n) is 1.43. The minimum Gasteiger partial charge on any atom is -0.349 e. The van der Waals surface area contributed by atoms with E-state index in [0.717, 1.165) is 5.69 Å². The average Bonchev–Trinajstić information content (AvgIpc) is 2.51. The fourth-order valence-electron chi connectivity index (χ4n) is 0.726. The van der Waals surface area contributed by atoms with Crippen LogP contribution in [0.15, 0.2) is 12.3 Å². The monoisotopic (exact) mass is 168 g/mol. The van der Waals surface area contributed by atoms with Gasteiger partial charge in [-0.25, -0.2) is 0 Å². The maximum Gasteiger partial charge on any atom is 0.236 e. The lowest BCUT2D eigenvalue weighted by Gasteiger charge is -2.05. The summed E-state index contributed by atoms with van der Waals surface area (Å²) in [5, 5.41) is 9.11. The minimum absolute atomic E-state index is 0.162. The summed E-state index contributed by atoms with van der Waals surface area (Å²) in [5.74, 6) is -0.162. The second-order valence-electron chi connectivity index (χ2n) is 2.59. The molecule has 1 aromatic heterocycles. The van der Waals surface area contributed by atoms with Crippen LogP contribution in [-0.2, 0) is 11.3 Å². The van der Waals surface area contributed by atoms with Crippen LogP contribution in [0.25, 0.3) is 0 Å². The van der Waals surface area contributed by atoms with Crippen LogP contribution in [0.2, 0.25) is 0 Å². The molecule has 4 N–H and O–H groups in total. The van der Waals surface area contributed by atoms with Crippen molar-refractivity contribution < 1.29 is 4.79 Å². The van der Waals surface area contributed by atoms with E-state index in [2.05, 4.69) is 15.5 Å². The van der Waals surface area contributed by atoms with Crippen LogP contribution in [0.5, 0.6) is 0 Å². The van der Waals surface area contributed by atoms with Crippen molar-refractivity contribution in [3.05, 3.63) is 18.0 Å². The lowest BCUT2D eigenvalue weighted by atomic mass is 10.3. The van der Waals surface area contributed by atoms with Crippen LogP contribution in [0, 0.1) is 0 Å². The molecule has 1 heterocycles. The lowest BCUT2D eigenvalue weighted by molar-refractivity contribution is -0.122. The van der Waals surface area contributed by atoms with Crippen molar-refractivity contribution in [2.45, 2.75) is 19.5 Å². The molecule has 1 aromatic rings. The van der Waals surface area contributed by atoms with E-state index < -0.39 is 6.04 Å². The molecule has 0 saturated heterocycles. The second kappa shape index (κ2) is 3.87. The summed E-state index contributed by atoms with van der Waals surface area (Å²) in [5.41, 5.74) is 6.20. The second-order valence-corrected chi connectivity index (χ2v) is 2.59. The van der Waals surface area contributed by atoms with Gasteiger partial charge in [-0.1, -0.05) is 0 Å². The molecule has 0 aliphatic rings. The molecule has 0 spiro atoms. The molecule has 0 fully saturated rings. The molecule has 0 aromatic carbocycles. The predicted octanol–water partition coefficient (Wildman–Crippen LogP) is -0.627. The number of aromatic nitrogens is 2. The van der Waals surface area contributed by atoms with Gasteiger partial charge in [-0.2, -0.15) is 5.10 Å². The summed E-state index contributed by atoms with van der Waals surface area (Å²) in [6.45, 7) is 2.09. The van der Waals surface area contributed by atoms with Crippen LogP contribution in [0.3, 0.4) is 0 Å². The first-order valence-corrected chi connectivity index (χ1v) is 3.71. The van der Waals surface area contributed by atoms with Crippen LogP contribution >= 0.6 is 0 Å². The molecule has 1 atom stereocenters. The number of nitrogens with zero attached hydrogens (tertiary/aromatic N) is 1. The maximum absolute atomic E-state index is 11.0. The van der Waals surface area contributed by atoms with E-state index in [9.17, 15) is 4.79 Å². The Morgan fingerprint density at radius 3 is 3.17 bits per heavy atom. The molecular formula is C7H12N4O. The zero-order chi connectivity index (χ0) is 8.97. The molecule has 1 rings (SSSR count). The molecule has 0 aliphatic carbocycles. The van der Waals surface area contributed by atoms with Crippen molar-refractivity contribution in [2.24, 2.45) is 5.73 Å². The molecule has 66 valence electrons. The predicted molar refractivity (Wildman–Crippen MR) is 44.1 cm³/mol. The quantitative estimate of drug-likeness (QED) is 0.562. The summed E-state index contributed by atoms with van der Waals surface area (Å²) in [7, 11) is 0. The Morgan fingerprint density at radius 1 is 1.92 bits per heavy atom. The Bertz CT molecular complexity index is 242. The molecule has 0 aliphatic heterocycles. The molecule has 0 bridgehead atoms. The minimum atomic E-state index is -0.465. The number of hydrogen-bond acceptors (Lipinski definition) is 3. The van der Waals surface area contributed by atoms with Gasteiger partial charge in [-0.3, -0.25) is 9.89 Å². The first-order chi connectivity index (χ1) is 5.70. The number of carbonyl (C=O) groups is 1. The molecule has 5 nitrogen and oxygen atoms in total. The van der Waals surface area contributed by atoms with E-state index in [1.54, 1.807) is 19.2 Å². The fourth-order valence-corrected chi connectivity index (χ4v) is 0.726. The van der Waals surface area contributed by atoms with Crippen molar-refractivity contribution in [3.63, 3.8) is 0 Å². The largest absolute Gasteiger partial charge is 0.349 e. The summed E-state index contributed by atoms with van der Waals surface area (Å²) in [6.07, 6.45) is 1.63. The van der Waals surface area contributed by atoms with Gasteiger partial charge in [0.05, 0.1) is 18.3 Å².